The molecule has 2 aromatic carbocycles. The lowest BCUT2D eigenvalue weighted by atomic mass is 9.93. The fraction of sp³-hybridized carbons (Fsp3) is 0.514. The average Bonchev–Trinajstić information content (AvgIpc) is 3.50. The lowest BCUT2D eigenvalue weighted by Gasteiger charge is -2.32. The topological polar surface area (TPSA) is 83.8 Å². The van der Waals surface area contributed by atoms with Crippen molar-refractivity contribution in [2.24, 2.45) is 0 Å². The zero-order chi connectivity index (χ0) is 30.9. The van der Waals surface area contributed by atoms with Gasteiger partial charge in [0, 0.05) is 24.6 Å². The van der Waals surface area contributed by atoms with Crippen molar-refractivity contribution >= 4 is 27.5 Å². The third kappa shape index (κ3) is 4.62. The fourth-order valence-electron chi connectivity index (χ4n) is 8.48. The molecule has 10 heteroatoms. The van der Waals surface area contributed by atoms with E-state index >= 15 is 8.78 Å². The molecule has 0 amide bonds. The van der Waals surface area contributed by atoms with Crippen molar-refractivity contribution in [3.63, 3.8) is 0 Å². The van der Waals surface area contributed by atoms with Crippen molar-refractivity contribution < 1.29 is 23.4 Å². The van der Waals surface area contributed by atoms with Crippen molar-refractivity contribution in [1.82, 2.24) is 19.9 Å². The van der Waals surface area contributed by atoms with Crippen LogP contribution in [0, 0.1) is 11.6 Å². The number of phenols is 1. The Kier molecular flexibility index (Phi) is 7.05. The number of hydrogen-bond acceptors (Lipinski definition) is 8. The molecule has 4 aliphatic rings. The Morgan fingerprint density at radius 1 is 1.04 bits per heavy atom. The van der Waals surface area contributed by atoms with E-state index in [1.54, 1.807) is 12.1 Å². The molecule has 0 saturated carbocycles. The van der Waals surface area contributed by atoms with Crippen LogP contribution in [0.4, 0.5) is 14.6 Å². The van der Waals surface area contributed by atoms with Gasteiger partial charge in [-0.2, -0.15) is 9.97 Å². The minimum atomic E-state index is -0.626. The predicted molar refractivity (Wildman–Crippen MR) is 169 cm³/mol. The molecule has 0 radical (unpaired) electrons. The molecule has 45 heavy (non-hydrogen) atoms. The molecule has 4 aliphatic heterocycles. The molecule has 8 rings (SSSR count). The summed E-state index contributed by atoms with van der Waals surface area (Å²) < 4.78 is 44.7. The second-order valence-corrected chi connectivity index (χ2v) is 13.3. The van der Waals surface area contributed by atoms with Crippen LogP contribution in [0.15, 0.2) is 24.3 Å². The van der Waals surface area contributed by atoms with Gasteiger partial charge in [-0.1, -0.05) is 19.9 Å². The molecule has 0 bridgehead atoms. The average molecular weight is 616 g/mol. The second kappa shape index (κ2) is 11.0. The van der Waals surface area contributed by atoms with Crippen LogP contribution in [0.2, 0.25) is 0 Å². The Morgan fingerprint density at radius 2 is 1.87 bits per heavy atom. The maximum atomic E-state index is 17.1. The zero-order valence-electron chi connectivity index (χ0n) is 25.9. The molecule has 2 atom stereocenters. The number of fused-ring (bicyclic) bond motifs is 4. The highest BCUT2D eigenvalue weighted by Gasteiger charge is 2.45. The van der Waals surface area contributed by atoms with Gasteiger partial charge in [0.1, 0.15) is 35.2 Å². The molecular formula is C35H39F2N5O3. The van der Waals surface area contributed by atoms with Crippen LogP contribution in [-0.4, -0.2) is 76.0 Å². The van der Waals surface area contributed by atoms with Crippen LogP contribution in [0.3, 0.4) is 0 Å². The molecule has 3 fully saturated rings. The van der Waals surface area contributed by atoms with E-state index in [4.69, 9.17) is 24.4 Å². The van der Waals surface area contributed by atoms with E-state index in [0.717, 1.165) is 58.2 Å². The number of nitrogens with zero attached hydrogens (tertiary/aromatic N) is 5. The molecule has 6 heterocycles. The van der Waals surface area contributed by atoms with E-state index in [0.29, 0.717) is 65.0 Å². The van der Waals surface area contributed by atoms with Crippen LogP contribution in [0.5, 0.6) is 11.8 Å². The summed E-state index contributed by atoms with van der Waals surface area (Å²) in [5.74, 6) is -0.464. The van der Waals surface area contributed by atoms with Crippen LogP contribution >= 0.6 is 0 Å². The van der Waals surface area contributed by atoms with Gasteiger partial charge in [0.05, 0.1) is 29.3 Å². The summed E-state index contributed by atoms with van der Waals surface area (Å²) in [6, 6.07) is 6.27. The van der Waals surface area contributed by atoms with E-state index in [-0.39, 0.29) is 46.3 Å². The van der Waals surface area contributed by atoms with Crippen LogP contribution in [-0.2, 0) is 11.2 Å². The van der Waals surface area contributed by atoms with E-state index in [9.17, 15) is 5.11 Å². The molecule has 1 N–H and O–H groups in total. The lowest BCUT2D eigenvalue weighted by molar-refractivity contribution is 0.107. The molecule has 236 valence electrons. The van der Waals surface area contributed by atoms with Crippen LogP contribution < -0.4 is 9.64 Å². The van der Waals surface area contributed by atoms with E-state index < -0.39 is 5.82 Å². The van der Waals surface area contributed by atoms with Gasteiger partial charge >= 0.3 is 6.01 Å². The Morgan fingerprint density at radius 3 is 2.67 bits per heavy atom. The first-order valence-electron chi connectivity index (χ1n) is 16.4. The summed E-state index contributed by atoms with van der Waals surface area (Å²) in [5, 5.41) is 12.5. The lowest BCUT2D eigenvalue weighted by Crippen LogP contribution is -2.43. The van der Waals surface area contributed by atoms with Crippen molar-refractivity contribution in [2.75, 3.05) is 44.4 Å². The number of aromatic nitrogens is 3. The first kappa shape index (κ1) is 28.8. The third-order valence-corrected chi connectivity index (χ3v) is 10.6. The molecular weight excluding hydrogens is 576 g/mol. The minimum absolute atomic E-state index is 0.0197. The molecule has 4 aromatic rings. The standard InChI is InChI=1S/C35H39F2N5O3/c1-3-24-26(36)8-7-21-16-23(43)17-25(27(21)24)31-29(37)32-28-30(38-31)20(2)15-22-18-44-14-6-13-42(22)33(28)40-34(39-32)45-19-35-9-4-11-41(35)12-5-10-35/h7-8,16-17,20,22,43H,3-6,9-15,18-19H2,1-2H3. The molecule has 3 saturated heterocycles. The van der Waals surface area contributed by atoms with Crippen molar-refractivity contribution in [3.8, 4) is 23.0 Å². The molecule has 0 spiro atoms. The maximum Gasteiger partial charge on any atom is 0.319 e. The monoisotopic (exact) mass is 615 g/mol. The number of hydrogen-bond donors (Lipinski definition) is 1. The normalized spacial score (nSPS) is 22.8. The highest BCUT2D eigenvalue weighted by atomic mass is 19.1. The summed E-state index contributed by atoms with van der Waals surface area (Å²) in [6.07, 6.45) is 6.41. The number of aryl methyl sites for hydroxylation is 1. The number of anilines is 1. The van der Waals surface area contributed by atoms with Gasteiger partial charge in [-0.25, -0.2) is 13.8 Å². The maximum absolute atomic E-state index is 17.1. The fourth-order valence-corrected chi connectivity index (χ4v) is 8.48. The summed E-state index contributed by atoms with van der Waals surface area (Å²) in [6.45, 7) is 8.51. The molecule has 8 nitrogen and oxygen atoms in total. The second-order valence-electron chi connectivity index (χ2n) is 13.3. The van der Waals surface area contributed by atoms with Crippen molar-refractivity contribution in [1.29, 1.82) is 0 Å². The van der Waals surface area contributed by atoms with Crippen LogP contribution in [0.1, 0.15) is 69.5 Å². The predicted octanol–water partition coefficient (Wildman–Crippen LogP) is 6.50. The summed E-state index contributed by atoms with van der Waals surface area (Å²) in [4.78, 5) is 19.5. The highest BCUT2D eigenvalue weighted by molar-refractivity contribution is 6.02. The number of halogens is 2. The number of benzene rings is 2. The Bertz CT molecular complexity index is 1810. The number of pyridine rings is 1. The third-order valence-electron chi connectivity index (χ3n) is 10.6. The van der Waals surface area contributed by atoms with Gasteiger partial charge in [0.2, 0.25) is 0 Å². The first-order valence-corrected chi connectivity index (χ1v) is 16.4. The van der Waals surface area contributed by atoms with Gasteiger partial charge < -0.3 is 19.5 Å². The molecule has 2 unspecified atom stereocenters. The number of rotatable bonds is 5. The number of phenolic OH excluding ortho intramolecular Hbond substituents is 1. The van der Waals surface area contributed by atoms with E-state index in [1.165, 1.54) is 12.1 Å². The van der Waals surface area contributed by atoms with E-state index in [1.807, 2.05) is 6.92 Å². The van der Waals surface area contributed by atoms with Crippen molar-refractivity contribution in [3.05, 3.63) is 47.2 Å². The van der Waals surface area contributed by atoms with Gasteiger partial charge in [0.15, 0.2) is 5.82 Å². The Balaban J connectivity index is 1.36. The summed E-state index contributed by atoms with van der Waals surface area (Å²) in [7, 11) is 0. The van der Waals surface area contributed by atoms with Crippen molar-refractivity contribution in [2.45, 2.75) is 76.3 Å². The van der Waals surface area contributed by atoms with Gasteiger partial charge in [-0.3, -0.25) is 4.90 Å². The van der Waals surface area contributed by atoms with E-state index in [2.05, 4.69) is 16.7 Å². The summed E-state index contributed by atoms with van der Waals surface area (Å²) in [5.41, 5.74) is 1.67. The smallest absolute Gasteiger partial charge is 0.319 e. The minimum Gasteiger partial charge on any atom is -0.508 e. The summed E-state index contributed by atoms with van der Waals surface area (Å²) >= 11 is 0. The largest absolute Gasteiger partial charge is 0.508 e. The van der Waals surface area contributed by atoms with Gasteiger partial charge in [0.25, 0.3) is 0 Å². The number of aromatic hydroxyl groups is 1. The Labute approximate surface area is 261 Å². The van der Waals surface area contributed by atoms with Gasteiger partial charge in [-0.05, 0) is 92.6 Å². The van der Waals surface area contributed by atoms with Crippen LogP contribution in [0.25, 0.3) is 32.9 Å². The number of ether oxygens (including phenoxy) is 2. The first-order chi connectivity index (χ1) is 21.9. The zero-order valence-corrected chi connectivity index (χ0v) is 25.9. The van der Waals surface area contributed by atoms with Gasteiger partial charge in [-0.15, -0.1) is 0 Å². The Hall–Kier alpha value is -3.63. The SMILES string of the molecule is CCc1c(F)ccc2cc(O)cc(-c3nc4c5c(nc(OCC67CCCN6CCC7)nc5c3F)N3CCCOCC3CC4C)c12. The quantitative estimate of drug-likeness (QED) is 0.273. The molecule has 2 aromatic heterocycles. The highest BCUT2D eigenvalue weighted by Crippen LogP contribution is 2.45. The molecule has 0 aliphatic carbocycles.